The predicted molar refractivity (Wildman–Crippen MR) is 74.8 cm³/mol. The number of carbonyl (C=O) groups excluding carboxylic acids is 1. The number of hydrogen-bond acceptors (Lipinski definition) is 2. The van der Waals surface area contributed by atoms with Gasteiger partial charge in [-0.25, -0.2) is 13.6 Å². The van der Waals surface area contributed by atoms with Gasteiger partial charge in [0.15, 0.2) is 0 Å². The third kappa shape index (κ3) is 4.39. The summed E-state index contributed by atoms with van der Waals surface area (Å²) in [5, 5.41) is 11.8. The number of hydrogen-bond donors (Lipinski definition) is 2. The van der Waals surface area contributed by atoms with E-state index in [9.17, 15) is 13.6 Å². The number of benzene rings is 1. The third-order valence-corrected chi connectivity index (χ3v) is 3.84. The average molecular weight is 298 g/mol. The molecule has 0 atom stereocenters. The van der Waals surface area contributed by atoms with Gasteiger partial charge in [0.2, 0.25) is 0 Å². The lowest BCUT2D eigenvalue weighted by Crippen LogP contribution is -2.45. The summed E-state index contributed by atoms with van der Waals surface area (Å²) in [6, 6.07) is 3.12. The monoisotopic (exact) mass is 298 g/mol. The number of carbonyl (C=O) groups is 1. The molecule has 0 aromatic heterocycles. The molecule has 1 aliphatic rings. The Balaban J connectivity index is 1.76. The number of amides is 2. The Labute approximate surface area is 122 Å². The number of likely N-dealkylation sites (tertiary alicyclic amines) is 1. The maximum Gasteiger partial charge on any atom is 0.317 e. The number of rotatable bonds is 4. The standard InChI is InChI=1S/C15H20F2N2O2/c16-13-1-2-14(17)12(9-13)3-6-18-15(21)19-7-4-11(10-20)5-8-19/h1-2,9,11,20H,3-8,10H2,(H,18,21). The number of nitrogens with one attached hydrogen (secondary N) is 1. The topological polar surface area (TPSA) is 52.6 Å². The van der Waals surface area contributed by atoms with Gasteiger partial charge >= 0.3 is 6.03 Å². The van der Waals surface area contributed by atoms with Crippen LogP contribution in [0.25, 0.3) is 0 Å². The second kappa shape index (κ2) is 7.36. The van der Waals surface area contributed by atoms with Crippen LogP contribution in [0.1, 0.15) is 18.4 Å². The van der Waals surface area contributed by atoms with E-state index in [1.54, 1.807) is 4.90 Å². The van der Waals surface area contributed by atoms with E-state index >= 15 is 0 Å². The Bertz CT molecular complexity index is 489. The molecule has 1 fully saturated rings. The molecule has 4 nitrogen and oxygen atoms in total. The smallest absolute Gasteiger partial charge is 0.317 e. The number of nitrogens with zero attached hydrogens (tertiary/aromatic N) is 1. The normalized spacial score (nSPS) is 16.0. The molecule has 2 amide bonds. The Kier molecular flexibility index (Phi) is 5.50. The lowest BCUT2D eigenvalue weighted by molar-refractivity contribution is 0.137. The minimum Gasteiger partial charge on any atom is -0.396 e. The molecule has 0 spiro atoms. The van der Waals surface area contributed by atoms with Crippen molar-refractivity contribution in [3.63, 3.8) is 0 Å². The van der Waals surface area contributed by atoms with Crippen molar-refractivity contribution in [2.75, 3.05) is 26.2 Å². The van der Waals surface area contributed by atoms with Crippen LogP contribution in [0.3, 0.4) is 0 Å². The van der Waals surface area contributed by atoms with Gasteiger partial charge in [0.05, 0.1) is 0 Å². The van der Waals surface area contributed by atoms with Crippen LogP contribution in [0.15, 0.2) is 18.2 Å². The van der Waals surface area contributed by atoms with Gasteiger partial charge in [-0.1, -0.05) is 0 Å². The Hall–Kier alpha value is -1.69. The number of piperidine rings is 1. The summed E-state index contributed by atoms with van der Waals surface area (Å²) in [4.78, 5) is 13.6. The molecule has 21 heavy (non-hydrogen) atoms. The second-order valence-electron chi connectivity index (χ2n) is 5.33. The van der Waals surface area contributed by atoms with E-state index in [-0.39, 0.29) is 37.1 Å². The van der Waals surface area contributed by atoms with Gasteiger partial charge in [0.25, 0.3) is 0 Å². The molecular weight excluding hydrogens is 278 g/mol. The fourth-order valence-corrected chi connectivity index (χ4v) is 2.47. The Morgan fingerprint density at radius 2 is 2.05 bits per heavy atom. The Morgan fingerprint density at radius 1 is 1.33 bits per heavy atom. The molecule has 1 saturated heterocycles. The van der Waals surface area contributed by atoms with Crippen LogP contribution in [0.2, 0.25) is 0 Å². The highest BCUT2D eigenvalue weighted by Crippen LogP contribution is 2.16. The molecule has 0 aliphatic carbocycles. The van der Waals surface area contributed by atoms with Crippen molar-refractivity contribution in [2.24, 2.45) is 5.92 Å². The van der Waals surface area contributed by atoms with Crippen LogP contribution in [0.5, 0.6) is 0 Å². The van der Waals surface area contributed by atoms with Crippen LogP contribution in [0.4, 0.5) is 13.6 Å². The predicted octanol–water partition coefficient (Wildman–Crippen LogP) is 1.92. The zero-order valence-corrected chi connectivity index (χ0v) is 11.8. The highest BCUT2D eigenvalue weighted by atomic mass is 19.1. The quantitative estimate of drug-likeness (QED) is 0.892. The van der Waals surface area contributed by atoms with E-state index in [0.29, 0.717) is 13.1 Å². The lowest BCUT2D eigenvalue weighted by Gasteiger charge is -2.31. The zero-order chi connectivity index (χ0) is 15.2. The van der Waals surface area contributed by atoms with Gasteiger partial charge in [-0.15, -0.1) is 0 Å². The first-order chi connectivity index (χ1) is 10.1. The van der Waals surface area contributed by atoms with E-state index < -0.39 is 11.6 Å². The van der Waals surface area contributed by atoms with Gasteiger partial charge in [-0.3, -0.25) is 0 Å². The first kappa shape index (κ1) is 15.7. The van der Waals surface area contributed by atoms with E-state index in [1.807, 2.05) is 0 Å². The fourth-order valence-electron chi connectivity index (χ4n) is 2.47. The molecule has 1 heterocycles. The molecule has 1 aromatic carbocycles. The van der Waals surface area contributed by atoms with Crippen LogP contribution >= 0.6 is 0 Å². The molecule has 1 aliphatic heterocycles. The first-order valence-electron chi connectivity index (χ1n) is 7.17. The van der Waals surface area contributed by atoms with Crippen molar-refractivity contribution in [3.8, 4) is 0 Å². The summed E-state index contributed by atoms with van der Waals surface area (Å²) in [6.07, 6.45) is 1.84. The van der Waals surface area contributed by atoms with Gasteiger partial charge in [0, 0.05) is 26.2 Å². The molecule has 0 bridgehead atoms. The van der Waals surface area contributed by atoms with Gasteiger partial charge in [0.1, 0.15) is 11.6 Å². The molecule has 2 rings (SSSR count). The molecule has 0 unspecified atom stereocenters. The minimum absolute atomic E-state index is 0.161. The highest BCUT2D eigenvalue weighted by Gasteiger charge is 2.21. The lowest BCUT2D eigenvalue weighted by atomic mass is 9.98. The van der Waals surface area contributed by atoms with E-state index in [0.717, 1.165) is 31.0 Å². The summed E-state index contributed by atoms with van der Waals surface area (Å²) in [7, 11) is 0. The highest BCUT2D eigenvalue weighted by molar-refractivity contribution is 5.74. The molecule has 116 valence electrons. The molecule has 6 heteroatoms. The van der Waals surface area contributed by atoms with Crippen molar-refractivity contribution in [2.45, 2.75) is 19.3 Å². The first-order valence-corrected chi connectivity index (χ1v) is 7.17. The van der Waals surface area contributed by atoms with Crippen LogP contribution in [0, 0.1) is 17.6 Å². The second-order valence-corrected chi connectivity index (χ2v) is 5.33. The van der Waals surface area contributed by atoms with Crippen LogP contribution in [-0.4, -0.2) is 42.3 Å². The number of aliphatic hydroxyl groups is 1. The number of aliphatic hydroxyl groups excluding tert-OH is 1. The number of urea groups is 1. The van der Waals surface area contributed by atoms with Crippen molar-refractivity contribution >= 4 is 6.03 Å². The van der Waals surface area contributed by atoms with Gasteiger partial charge < -0.3 is 15.3 Å². The van der Waals surface area contributed by atoms with E-state index in [2.05, 4.69) is 5.32 Å². The molecular formula is C15H20F2N2O2. The fraction of sp³-hybridized carbons (Fsp3) is 0.533. The molecule has 1 aromatic rings. The van der Waals surface area contributed by atoms with Gasteiger partial charge in [-0.2, -0.15) is 0 Å². The molecule has 0 saturated carbocycles. The third-order valence-electron chi connectivity index (χ3n) is 3.84. The molecule has 2 N–H and O–H groups in total. The largest absolute Gasteiger partial charge is 0.396 e. The summed E-state index contributed by atoms with van der Waals surface area (Å²) in [6.45, 7) is 1.66. The molecule has 0 radical (unpaired) electrons. The van der Waals surface area contributed by atoms with Crippen LogP contribution in [-0.2, 0) is 6.42 Å². The van der Waals surface area contributed by atoms with Crippen LogP contribution < -0.4 is 5.32 Å². The maximum atomic E-state index is 13.4. The van der Waals surface area contributed by atoms with Crippen molar-refractivity contribution in [1.82, 2.24) is 10.2 Å². The van der Waals surface area contributed by atoms with E-state index in [1.165, 1.54) is 0 Å². The summed E-state index contributed by atoms with van der Waals surface area (Å²) < 4.78 is 26.4. The SMILES string of the molecule is O=C(NCCc1cc(F)ccc1F)N1CCC(CO)CC1. The maximum absolute atomic E-state index is 13.4. The van der Waals surface area contributed by atoms with Gasteiger partial charge in [-0.05, 0) is 48.9 Å². The van der Waals surface area contributed by atoms with Crippen molar-refractivity contribution in [1.29, 1.82) is 0 Å². The van der Waals surface area contributed by atoms with Crippen molar-refractivity contribution in [3.05, 3.63) is 35.4 Å². The summed E-state index contributed by atoms with van der Waals surface area (Å²) >= 11 is 0. The van der Waals surface area contributed by atoms with Crippen molar-refractivity contribution < 1.29 is 18.7 Å². The summed E-state index contributed by atoms with van der Waals surface area (Å²) in [5.41, 5.74) is 0.259. The zero-order valence-electron chi connectivity index (χ0n) is 11.8. The minimum atomic E-state index is -0.483. The summed E-state index contributed by atoms with van der Waals surface area (Å²) in [5.74, 6) is -0.673. The number of halogens is 2. The Morgan fingerprint density at radius 3 is 2.71 bits per heavy atom. The van der Waals surface area contributed by atoms with E-state index in [4.69, 9.17) is 5.11 Å². The average Bonchev–Trinajstić information content (AvgIpc) is 2.50.